The Bertz CT molecular complexity index is 557. The van der Waals surface area contributed by atoms with E-state index in [1.165, 1.54) is 0 Å². The lowest BCUT2D eigenvalue weighted by Gasteiger charge is -2.12. The number of ether oxygens (including phenoxy) is 1. The topological polar surface area (TPSA) is 33.0 Å². The van der Waals surface area contributed by atoms with Gasteiger partial charge in [0.25, 0.3) is 0 Å². The zero-order chi connectivity index (χ0) is 13.5. The highest BCUT2D eigenvalue weighted by Gasteiger charge is 2.10. The van der Waals surface area contributed by atoms with Crippen molar-refractivity contribution in [3.8, 4) is 11.8 Å². The number of hydrogen-bond donors (Lipinski definition) is 0. The van der Waals surface area contributed by atoms with E-state index in [9.17, 15) is 5.26 Å². The summed E-state index contributed by atoms with van der Waals surface area (Å²) < 4.78 is 5.74. The molecule has 1 atom stereocenters. The molecule has 0 aliphatic carbocycles. The third-order valence-electron chi connectivity index (χ3n) is 3.12. The second-order valence-corrected chi connectivity index (χ2v) is 4.50. The molecule has 0 aromatic heterocycles. The van der Waals surface area contributed by atoms with Crippen molar-refractivity contribution < 1.29 is 4.74 Å². The van der Waals surface area contributed by atoms with Crippen molar-refractivity contribution in [1.82, 2.24) is 0 Å². The molecule has 0 N–H and O–H groups in total. The molecule has 2 nitrogen and oxygen atoms in total. The van der Waals surface area contributed by atoms with Crippen molar-refractivity contribution in [3.05, 3.63) is 65.7 Å². The van der Waals surface area contributed by atoms with E-state index in [2.05, 4.69) is 6.07 Å². The van der Waals surface area contributed by atoms with E-state index in [-0.39, 0.29) is 5.92 Å². The summed E-state index contributed by atoms with van der Waals surface area (Å²) in [6.45, 7) is 2.58. The van der Waals surface area contributed by atoms with E-state index in [0.29, 0.717) is 13.0 Å². The molecule has 19 heavy (non-hydrogen) atoms. The van der Waals surface area contributed by atoms with E-state index in [1.807, 2.05) is 61.5 Å². The molecule has 0 aliphatic heterocycles. The zero-order valence-electron chi connectivity index (χ0n) is 11.0. The maximum absolute atomic E-state index is 9.23. The maximum atomic E-state index is 9.23. The highest BCUT2D eigenvalue weighted by molar-refractivity contribution is 5.31. The first-order valence-electron chi connectivity index (χ1n) is 6.44. The van der Waals surface area contributed by atoms with E-state index < -0.39 is 0 Å². The van der Waals surface area contributed by atoms with Crippen LogP contribution in [0.5, 0.6) is 5.75 Å². The average molecular weight is 251 g/mol. The van der Waals surface area contributed by atoms with Gasteiger partial charge in [0.15, 0.2) is 0 Å². The lowest BCUT2D eigenvalue weighted by atomic mass is 9.98. The Kier molecular flexibility index (Phi) is 4.58. The minimum absolute atomic E-state index is 0.106. The van der Waals surface area contributed by atoms with Crippen molar-refractivity contribution in [2.45, 2.75) is 19.3 Å². The van der Waals surface area contributed by atoms with Crippen LogP contribution in [0.15, 0.2) is 54.6 Å². The summed E-state index contributed by atoms with van der Waals surface area (Å²) in [7, 11) is 0. The molecule has 1 unspecified atom stereocenters. The molecule has 0 fully saturated rings. The largest absolute Gasteiger partial charge is 0.493 e. The highest BCUT2D eigenvalue weighted by atomic mass is 16.5. The molecular formula is C17H17NO. The van der Waals surface area contributed by atoms with E-state index in [0.717, 1.165) is 16.9 Å². The summed E-state index contributed by atoms with van der Waals surface area (Å²) in [4.78, 5) is 0. The Morgan fingerprint density at radius 2 is 1.74 bits per heavy atom. The highest BCUT2D eigenvalue weighted by Crippen LogP contribution is 2.21. The fourth-order valence-electron chi connectivity index (χ4n) is 2.00. The van der Waals surface area contributed by atoms with Crippen molar-refractivity contribution in [2.75, 3.05) is 6.61 Å². The van der Waals surface area contributed by atoms with E-state index in [1.54, 1.807) is 0 Å². The van der Waals surface area contributed by atoms with E-state index in [4.69, 9.17) is 4.74 Å². The van der Waals surface area contributed by atoms with Crippen LogP contribution in [0.2, 0.25) is 0 Å². The fraction of sp³-hybridized carbons (Fsp3) is 0.235. The fourth-order valence-corrected chi connectivity index (χ4v) is 2.00. The SMILES string of the molecule is Cc1ccccc1OCCC(C#N)c1ccccc1. The summed E-state index contributed by atoms with van der Waals surface area (Å²) in [5, 5.41) is 9.23. The van der Waals surface area contributed by atoms with Gasteiger partial charge < -0.3 is 4.74 Å². The molecule has 2 rings (SSSR count). The van der Waals surface area contributed by atoms with Crippen LogP contribution >= 0.6 is 0 Å². The van der Waals surface area contributed by atoms with Gasteiger partial charge in [-0.2, -0.15) is 5.26 Å². The number of nitriles is 1. The summed E-state index contributed by atoms with van der Waals surface area (Å²) in [5.41, 5.74) is 2.18. The number of benzene rings is 2. The van der Waals surface area contributed by atoms with Crippen LogP contribution in [0.3, 0.4) is 0 Å². The van der Waals surface area contributed by atoms with Crippen LogP contribution in [0.4, 0.5) is 0 Å². The van der Waals surface area contributed by atoms with Gasteiger partial charge in [-0.3, -0.25) is 0 Å². The number of aryl methyl sites for hydroxylation is 1. The molecular weight excluding hydrogens is 234 g/mol. The molecule has 2 aromatic rings. The molecule has 0 bridgehead atoms. The van der Waals surface area contributed by atoms with Crippen LogP contribution in [0, 0.1) is 18.3 Å². The Morgan fingerprint density at radius 3 is 2.42 bits per heavy atom. The Labute approximate surface area is 114 Å². The van der Waals surface area contributed by atoms with Gasteiger partial charge in [-0.05, 0) is 24.1 Å². The van der Waals surface area contributed by atoms with Crippen LogP contribution < -0.4 is 4.74 Å². The van der Waals surface area contributed by atoms with Gasteiger partial charge in [-0.25, -0.2) is 0 Å². The standard InChI is InChI=1S/C17H17NO/c1-14-7-5-6-10-17(14)19-12-11-16(13-18)15-8-3-2-4-9-15/h2-10,16H,11-12H2,1H3. The first-order valence-corrected chi connectivity index (χ1v) is 6.44. The predicted octanol–water partition coefficient (Wildman–Crippen LogP) is 4.07. The smallest absolute Gasteiger partial charge is 0.122 e. The van der Waals surface area contributed by atoms with E-state index >= 15 is 0 Å². The minimum atomic E-state index is -0.106. The third kappa shape index (κ3) is 3.59. The lowest BCUT2D eigenvalue weighted by Crippen LogP contribution is -2.05. The van der Waals surface area contributed by atoms with Gasteiger partial charge in [0.1, 0.15) is 5.75 Å². The van der Waals surface area contributed by atoms with Gasteiger partial charge in [-0.1, -0.05) is 48.5 Å². The summed E-state index contributed by atoms with van der Waals surface area (Å²) in [6.07, 6.45) is 0.703. The van der Waals surface area contributed by atoms with Crippen molar-refractivity contribution in [3.63, 3.8) is 0 Å². The van der Waals surface area contributed by atoms with Crippen LogP contribution in [-0.2, 0) is 0 Å². The van der Waals surface area contributed by atoms with Gasteiger partial charge in [0.05, 0.1) is 18.6 Å². The summed E-state index contributed by atoms with van der Waals surface area (Å²) >= 11 is 0. The predicted molar refractivity (Wildman–Crippen MR) is 76.1 cm³/mol. The van der Waals surface area contributed by atoms with Crippen molar-refractivity contribution in [2.24, 2.45) is 0 Å². The van der Waals surface area contributed by atoms with Gasteiger partial charge in [0.2, 0.25) is 0 Å². The second kappa shape index (κ2) is 6.61. The second-order valence-electron chi connectivity index (χ2n) is 4.50. The molecule has 0 spiro atoms. The molecule has 96 valence electrons. The maximum Gasteiger partial charge on any atom is 0.122 e. The number of nitrogens with zero attached hydrogens (tertiary/aromatic N) is 1. The molecule has 0 saturated heterocycles. The van der Waals surface area contributed by atoms with Crippen LogP contribution in [-0.4, -0.2) is 6.61 Å². The van der Waals surface area contributed by atoms with Crippen molar-refractivity contribution in [1.29, 1.82) is 5.26 Å². The normalized spacial score (nSPS) is 11.6. The lowest BCUT2D eigenvalue weighted by molar-refractivity contribution is 0.304. The number of rotatable bonds is 5. The molecule has 0 amide bonds. The van der Waals surface area contributed by atoms with Gasteiger partial charge in [-0.15, -0.1) is 0 Å². The first-order chi connectivity index (χ1) is 9.31. The third-order valence-corrected chi connectivity index (χ3v) is 3.12. The monoisotopic (exact) mass is 251 g/mol. The summed E-state index contributed by atoms with van der Waals surface area (Å²) in [5.74, 6) is 0.789. The Balaban J connectivity index is 1.92. The van der Waals surface area contributed by atoms with Crippen LogP contribution in [0.25, 0.3) is 0 Å². The Morgan fingerprint density at radius 1 is 1.05 bits per heavy atom. The quantitative estimate of drug-likeness (QED) is 0.802. The molecule has 0 radical (unpaired) electrons. The number of hydrogen-bond acceptors (Lipinski definition) is 2. The Hall–Kier alpha value is -2.27. The van der Waals surface area contributed by atoms with Crippen molar-refractivity contribution >= 4 is 0 Å². The molecule has 0 saturated carbocycles. The molecule has 0 aliphatic rings. The zero-order valence-corrected chi connectivity index (χ0v) is 11.0. The minimum Gasteiger partial charge on any atom is -0.493 e. The van der Waals surface area contributed by atoms with Gasteiger partial charge in [0, 0.05) is 6.42 Å². The van der Waals surface area contributed by atoms with Crippen LogP contribution in [0.1, 0.15) is 23.5 Å². The number of para-hydroxylation sites is 1. The molecule has 2 heteroatoms. The average Bonchev–Trinajstić information content (AvgIpc) is 2.46. The molecule has 0 heterocycles. The summed E-state index contributed by atoms with van der Waals surface area (Å²) in [6, 6.07) is 20.1. The molecule has 2 aromatic carbocycles. The van der Waals surface area contributed by atoms with Gasteiger partial charge >= 0.3 is 0 Å². The first kappa shape index (κ1) is 13.2.